The van der Waals surface area contributed by atoms with Gasteiger partial charge in [-0.1, -0.05) is 11.2 Å². The average molecular weight is 281 g/mol. The largest absolute Gasteiger partial charge is 0.360 e. The van der Waals surface area contributed by atoms with E-state index in [2.05, 4.69) is 9.88 Å². The minimum Gasteiger partial charge on any atom is -0.360 e. The Labute approximate surface area is 111 Å². The van der Waals surface area contributed by atoms with Crippen LogP contribution in [-0.4, -0.2) is 13.6 Å². The second-order valence-corrected chi connectivity index (χ2v) is 5.86. The van der Waals surface area contributed by atoms with Crippen LogP contribution in [0.25, 0.3) is 0 Å². The summed E-state index contributed by atoms with van der Waals surface area (Å²) in [6, 6.07) is 6.48. The first-order chi connectivity index (χ1) is 9.03. The van der Waals surface area contributed by atoms with Crippen molar-refractivity contribution in [1.82, 2.24) is 9.88 Å². The third-order valence-corrected chi connectivity index (χ3v) is 4.18. The van der Waals surface area contributed by atoms with Crippen LogP contribution >= 0.6 is 0 Å². The second kappa shape index (κ2) is 5.52. The maximum Gasteiger partial charge on any atom is 0.240 e. The molecule has 1 aromatic carbocycles. The van der Waals surface area contributed by atoms with Crippen molar-refractivity contribution in [3.63, 3.8) is 0 Å². The summed E-state index contributed by atoms with van der Waals surface area (Å²) in [5.41, 5.74) is 7.35. The first-order valence-corrected chi connectivity index (χ1v) is 7.20. The summed E-state index contributed by atoms with van der Waals surface area (Å²) in [6.45, 7) is 2.26. The van der Waals surface area contributed by atoms with E-state index in [4.69, 9.17) is 10.3 Å². The van der Waals surface area contributed by atoms with Gasteiger partial charge in [0.15, 0.2) is 5.76 Å². The Morgan fingerprint density at radius 2 is 2.16 bits per heavy atom. The summed E-state index contributed by atoms with van der Waals surface area (Å²) in [6.07, 6.45) is 1.46. The molecular formula is C12H15N3O3S. The van der Waals surface area contributed by atoms with Gasteiger partial charge in [-0.2, -0.15) is 0 Å². The fraction of sp³-hybridized carbons (Fsp3) is 0.250. The molecular weight excluding hydrogens is 266 g/mol. The summed E-state index contributed by atoms with van der Waals surface area (Å²) in [4.78, 5) is 0.193. The van der Waals surface area contributed by atoms with Crippen LogP contribution < -0.4 is 10.5 Å². The van der Waals surface area contributed by atoms with Crippen molar-refractivity contribution in [3.05, 3.63) is 47.3 Å². The predicted octanol–water partition coefficient (Wildman–Crippen LogP) is 0.920. The van der Waals surface area contributed by atoms with Gasteiger partial charge in [-0.05, 0) is 30.2 Å². The molecule has 0 aliphatic carbocycles. The lowest BCUT2D eigenvalue weighted by Gasteiger charge is -2.08. The predicted molar refractivity (Wildman–Crippen MR) is 69.6 cm³/mol. The van der Waals surface area contributed by atoms with Gasteiger partial charge >= 0.3 is 0 Å². The van der Waals surface area contributed by atoms with Gasteiger partial charge in [-0.15, -0.1) is 0 Å². The van der Waals surface area contributed by atoms with E-state index in [0.29, 0.717) is 12.3 Å². The van der Waals surface area contributed by atoms with Gasteiger partial charge in [0.25, 0.3) is 0 Å². The Hall–Kier alpha value is -1.70. The van der Waals surface area contributed by atoms with Crippen molar-refractivity contribution in [3.8, 4) is 0 Å². The molecule has 0 fully saturated rings. The highest BCUT2D eigenvalue weighted by Gasteiger charge is 2.15. The molecule has 1 aromatic heterocycles. The highest BCUT2D eigenvalue weighted by atomic mass is 32.2. The molecule has 0 spiro atoms. The zero-order chi connectivity index (χ0) is 13.9. The zero-order valence-corrected chi connectivity index (χ0v) is 11.3. The molecule has 2 aromatic rings. The third-order valence-electron chi connectivity index (χ3n) is 2.78. The molecule has 19 heavy (non-hydrogen) atoms. The van der Waals surface area contributed by atoms with E-state index in [1.54, 1.807) is 24.3 Å². The molecule has 7 heteroatoms. The molecule has 1 heterocycles. The monoisotopic (exact) mass is 281 g/mol. The molecule has 0 saturated carbocycles. The molecule has 0 unspecified atom stereocenters. The van der Waals surface area contributed by atoms with Gasteiger partial charge in [0, 0.05) is 12.6 Å². The molecule has 0 aliphatic rings. The van der Waals surface area contributed by atoms with Gasteiger partial charge in [0.2, 0.25) is 10.0 Å². The van der Waals surface area contributed by atoms with Crippen LogP contribution in [0.2, 0.25) is 0 Å². The molecule has 3 N–H and O–H groups in total. The van der Waals surface area contributed by atoms with E-state index in [1.165, 1.54) is 6.20 Å². The number of nitrogens with zero attached hydrogens (tertiary/aromatic N) is 1. The topological polar surface area (TPSA) is 98.2 Å². The molecule has 2 rings (SSSR count). The van der Waals surface area contributed by atoms with E-state index < -0.39 is 10.0 Å². The van der Waals surface area contributed by atoms with Crippen LogP contribution in [0.5, 0.6) is 0 Å². The van der Waals surface area contributed by atoms with E-state index in [-0.39, 0.29) is 11.4 Å². The summed E-state index contributed by atoms with van der Waals surface area (Å²) >= 11 is 0. The van der Waals surface area contributed by atoms with Crippen LogP contribution in [-0.2, 0) is 23.1 Å². The summed E-state index contributed by atoms with van der Waals surface area (Å²) in [5.74, 6) is 0.453. The summed E-state index contributed by atoms with van der Waals surface area (Å²) in [7, 11) is -3.58. The third kappa shape index (κ3) is 3.19. The maximum absolute atomic E-state index is 12.1. The van der Waals surface area contributed by atoms with Crippen LogP contribution in [0, 0.1) is 6.92 Å². The minimum absolute atomic E-state index is 0.0637. The number of aryl methyl sites for hydroxylation is 1. The number of sulfonamides is 1. The smallest absolute Gasteiger partial charge is 0.240 e. The first kappa shape index (κ1) is 13.7. The quantitative estimate of drug-likeness (QED) is 0.849. The highest BCUT2D eigenvalue weighted by Crippen LogP contribution is 2.15. The van der Waals surface area contributed by atoms with Crippen molar-refractivity contribution >= 4 is 10.0 Å². The zero-order valence-electron chi connectivity index (χ0n) is 10.5. The Morgan fingerprint density at radius 1 is 1.37 bits per heavy atom. The molecule has 0 saturated heterocycles. The van der Waals surface area contributed by atoms with Gasteiger partial charge in [-0.3, -0.25) is 0 Å². The number of hydrogen-bond donors (Lipinski definition) is 2. The summed E-state index contributed by atoms with van der Waals surface area (Å²) < 4.78 is 31.5. The number of nitrogens with two attached hydrogens (primary N) is 1. The van der Waals surface area contributed by atoms with Crippen molar-refractivity contribution < 1.29 is 12.9 Å². The van der Waals surface area contributed by atoms with Gasteiger partial charge in [-0.25, -0.2) is 13.1 Å². The van der Waals surface area contributed by atoms with Gasteiger partial charge in [0.1, 0.15) is 0 Å². The van der Waals surface area contributed by atoms with Crippen molar-refractivity contribution in [2.45, 2.75) is 24.9 Å². The van der Waals surface area contributed by atoms with Crippen LogP contribution in [0.4, 0.5) is 0 Å². The normalized spacial score (nSPS) is 11.7. The van der Waals surface area contributed by atoms with Crippen LogP contribution in [0.3, 0.4) is 0 Å². The van der Waals surface area contributed by atoms with Crippen LogP contribution in [0.15, 0.2) is 39.9 Å². The number of hydrogen-bond acceptors (Lipinski definition) is 5. The molecule has 0 radical (unpaired) electrons. The van der Waals surface area contributed by atoms with Crippen LogP contribution in [0.1, 0.15) is 16.9 Å². The summed E-state index contributed by atoms with van der Waals surface area (Å²) in [5, 5.41) is 3.51. The number of benzene rings is 1. The standard InChI is InChI=1S/C12H15N3O3S/c1-9-2-3-12(6-10(9)7-13)19(16,17)15-8-11-4-5-14-18-11/h2-6,15H,7-8,13H2,1H3. The molecule has 0 atom stereocenters. The number of rotatable bonds is 5. The Bertz CT molecular complexity index is 651. The van der Waals surface area contributed by atoms with Gasteiger partial charge in [0.05, 0.1) is 17.6 Å². The lowest BCUT2D eigenvalue weighted by atomic mass is 10.1. The fourth-order valence-corrected chi connectivity index (χ4v) is 2.66. The lowest BCUT2D eigenvalue weighted by molar-refractivity contribution is 0.380. The van der Waals surface area contributed by atoms with Crippen molar-refractivity contribution in [1.29, 1.82) is 0 Å². The molecule has 0 aliphatic heterocycles. The van der Waals surface area contributed by atoms with E-state index in [9.17, 15) is 8.42 Å². The lowest BCUT2D eigenvalue weighted by Crippen LogP contribution is -2.23. The maximum atomic E-state index is 12.1. The molecule has 0 bridgehead atoms. The minimum atomic E-state index is -3.58. The SMILES string of the molecule is Cc1ccc(S(=O)(=O)NCc2ccno2)cc1CN. The Morgan fingerprint density at radius 3 is 2.79 bits per heavy atom. The average Bonchev–Trinajstić information content (AvgIpc) is 2.90. The molecule has 0 amide bonds. The highest BCUT2D eigenvalue weighted by molar-refractivity contribution is 7.89. The number of aromatic nitrogens is 1. The van der Waals surface area contributed by atoms with Crippen molar-refractivity contribution in [2.24, 2.45) is 5.73 Å². The van der Waals surface area contributed by atoms with Gasteiger partial charge < -0.3 is 10.3 Å². The molecule has 6 nitrogen and oxygen atoms in total. The van der Waals surface area contributed by atoms with Crippen molar-refractivity contribution in [2.75, 3.05) is 0 Å². The van der Waals surface area contributed by atoms with E-state index in [1.807, 2.05) is 6.92 Å². The Balaban J connectivity index is 2.19. The van der Waals surface area contributed by atoms with E-state index in [0.717, 1.165) is 11.1 Å². The first-order valence-electron chi connectivity index (χ1n) is 5.72. The van der Waals surface area contributed by atoms with E-state index >= 15 is 0 Å². The number of nitrogens with one attached hydrogen (secondary N) is 1. The second-order valence-electron chi connectivity index (χ2n) is 4.10. The fourth-order valence-electron chi connectivity index (χ4n) is 1.62. The Kier molecular flexibility index (Phi) is 3.98. The molecule has 102 valence electrons.